The zero-order chi connectivity index (χ0) is 18.2. The van der Waals surface area contributed by atoms with Crippen LogP contribution in [-0.4, -0.2) is 67.1 Å². The molecule has 0 aromatic carbocycles. The number of carbonyl (C=O) groups is 4. The molecule has 134 valence electrons. The van der Waals surface area contributed by atoms with Gasteiger partial charge in [-0.05, 0) is 26.7 Å². The van der Waals surface area contributed by atoms with Crippen LogP contribution in [0, 0.1) is 0 Å². The van der Waals surface area contributed by atoms with Gasteiger partial charge in [-0.25, -0.2) is 4.79 Å². The number of nitrogens with one attached hydrogen (secondary N) is 1. The third kappa shape index (κ3) is 3.34. The molecule has 0 unspecified atom stereocenters. The van der Waals surface area contributed by atoms with Crippen molar-refractivity contribution >= 4 is 35.5 Å². The molecule has 2 fully saturated rings. The summed E-state index contributed by atoms with van der Waals surface area (Å²) in [5.74, 6) is -2.95. The molecule has 0 aliphatic carbocycles. The van der Waals surface area contributed by atoms with Crippen LogP contribution in [0.1, 0.15) is 33.1 Å². The van der Waals surface area contributed by atoms with E-state index in [4.69, 9.17) is 10.8 Å². The van der Waals surface area contributed by atoms with Gasteiger partial charge in [0, 0.05) is 11.2 Å². The van der Waals surface area contributed by atoms with Crippen molar-refractivity contribution in [2.45, 2.75) is 61.4 Å². The number of hydrogen-bond donors (Lipinski definition) is 4. The number of carboxylic acids is 2. The summed E-state index contributed by atoms with van der Waals surface area (Å²) in [5, 5.41) is 20.2. The molecule has 2 aliphatic rings. The van der Waals surface area contributed by atoms with Crippen LogP contribution < -0.4 is 11.1 Å². The first-order chi connectivity index (χ1) is 11.1. The lowest BCUT2D eigenvalue weighted by atomic mass is 9.96. The third-order valence-electron chi connectivity index (χ3n) is 4.23. The second kappa shape index (κ2) is 6.60. The van der Waals surface area contributed by atoms with E-state index in [0.717, 1.165) is 0 Å². The number of thioether (sulfide) groups is 1. The van der Waals surface area contributed by atoms with Crippen LogP contribution in [-0.2, 0) is 19.2 Å². The quantitative estimate of drug-likeness (QED) is 0.431. The van der Waals surface area contributed by atoms with Crippen LogP contribution in [0.15, 0.2) is 0 Å². The van der Waals surface area contributed by atoms with Crippen molar-refractivity contribution in [1.29, 1.82) is 0 Å². The Bertz CT molecular complexity index is 581. The number of amides is 2. The third-order valence-corrected chi connectivity index (χ3v) is 5.80. The minimum Gasteiger partial charge on any atom is -0.480 e. The van der Waals surface area contributed by atoms with Crippen molar-refractivity contribution in [1.82, 2.24) is 10.2 Å². The van der Waals surface area contributed by atoms with Crippen LogP contribution in [0.2, 0.25) is 0 Å². The maximum Gasteiger partial charge on any atom is 0.327 e. The molecule has 0 spiro atoms. The van der Waals surface area contributed by atoms with E-state index in [1.54, 1.807) is 13.8 Å². The summed E-state index contributed by atoms with van der Waals surface area (Å²) in [6.07, 6.45) is 0.526. The van der Waals surface area contributed by atoms with Gasteiger partial charge in [0.2, 0.25) is 11.8 Å². The van der Waals surface area contributed by atoms with Crippen molar-refractivity contribution < 1.29 is 29.4 Å². The minimum atomic E-state index is -1.12. The Morgan fingerprint density at radius 1 is 1.38 bits per heavy atom. The normalized spacial score (nSPS) is 28.7. The summed E-state index contributed by atoms with van der Waals surface area (Å²) >= 11 is 1.35. The highest BCUT2D eigenvalue weighted by molar-refractivity contribution is 8.01. The first-order valence-electron chi connectivity index (χ1n) is 7.57. The van der Waals surface area contributed by atoms with E-state index in [-0.39, 0.29) is 24.1 Å². The molecular formula is C14H21N3O6S. The molecule has 0 aromatic heterocycles. The van der Waals surface area contributed by atoms with E-state index in [2.05, 4.69) is 5.32 Å². The van der Waals surface area contributed by atoms with Gasteiger partial charge in [-0.15, -0.1) is 11.8 Å². The SMILES string of the molecule is CC1(C)S[C@@H]2[C@H](NC(=O)CCC[C@H](N)C(=O)O)C(=O)N2[C@H]1C(=O)O. The highest BCUT2D eigenvalue weighted by Crippen LogP contribution is 2.50. The molecule has 24 heavy (non-hydrogen) atoms. The Labute approximate surface area is 142 Å². The Kier molecular flexibility index (Phi) is 5.09. The highest BCUT2D eigenvalue weighted by atomic mass is 32.2. The number of hydrogen-bond acceptors (Lipinski definition) is 6. The minimum absolute atomic E-state index is 0.0634. The standard InChI is InChI=1S/C14H21N3O6S/c1-14(2)9(13(22)23)17-10(19)8(11(17)24-14)16-7(18)5-3-4-6(15)12(20)21/h6,8-9,11H,3-5,15H2,1-2H3,(H,16,18)(H,20,21)(H,22,23)/t6-,8+,9-,11+/m0/s1. The van der Waals surface area contributed by atoms with Crippen LogP contribution in [0.3, 0.4) is 0 Å². The van der Waals surface area contributed by atoms with Crippen molar-refractivity contribution in [3.8, 4) is 0 Å². The smallest absolute Gasteiger partial charge is 0.327 e. The Morgan fingerprint density at radius 3 is 2.54 bits per heavy atom. The van der Waals surface area contributed by atoms with Gasteiger partial charge < -0.3 is 26.2 Å². The van der Waals surface area contributed by atoms with Crippen LogP contribution in [0.4, 0.5) is 0 Å². The second-order valence-corrected chi connectivity index (χ2v) is 8.25. The lowest BCUT2D eigenvalue weighted by Gasteiger charge is -2.43. The Morgan fingerprint density at radius 2 is 2.00 bits per heavy atom. The lowest BCUT2D eigenvalue weighted by molar-refractivity contribution is -0.161. The Balaban J connectivity index is 1.87. The van der Waals surface area contributed by atoms with Crippen molar-refractivity contribution in [2.75, 3.05) is 0 Å². The van der Waals surface area contributed by atoms with E-state index in [1.807, 2.05) is 0 Å². The van der Waals surface area contributed by atoms with E-state index in [1.165, 1.54) is 16.7 Å². The molecule has 2 amide bonds. The molecule has 2 heterocycles. The number of carboxylic acid groups (broad SMARTS) is 2. The molecule has 2 saturated heterocycles. The maximum absolute atomic E-state index is 12.2. The van der Waals surface area contributed by atoms with Gasteiger partial charge in [0.25, 0.3) is 0 Å². The first-order valence-corrected chi connectivity index (χ1v) is 8.45. The maximum atomic E-state index is 12.2. The predicted octanol–water partition coefficient (Wildman–Crippen LogP) is -0.800. The number of nitrogens with two attached hydrogens (primary N) is 1. The molecule has 4 atom stereocenters. The average molecular weight is 359 g/mol. The summed E-state index contributed by atoms with van der Waals surface area (Å²) in [4.78, 5) is 47.4. The molecule has 0 bridgehead atoms. The van der Waals surface area contributed by atoms with Crippen LogP contribution in [0.25, 0.3) is 0 Å². The van der Waals surface area contributed by atoms with Crippen molar-refractivity contribution in [2.24, 2.45) is 5.73 Å². The van der Waals surface area contributed by atoms with E-state index in [0.29, 0.717) is 6.42 Å². The van der Waals surface area contributed by atoms with Gasteiger partial charge >= 0.3 is 11.9 Å². The summed E-state index contributed by atoms with van der Waals surface area (Å²) in [6, 6.07) is -2.66. The molecule has 0 radical (unpaired) electrons. The highest BCUT2D eigenvalue weighted by Gasteiger charge is 2.64. The number of β-lactam (4-membered cyclic amide) rings is 1. The molecule has 2 aliphatic heterocycles. The Hall–Kier alpha value is -1.81. The largest absolute Gasteiger partial charge is 0.480 e. The van der Waals surface area contributed by atoms with Crippen LogP contribution in [0.5, 0.6) is 0 Å². The molecular weight excluding hydrogens is 338 g/mol. The van der Waals surface area contributed by atoms with Crippen LogP contribution >= 0.6 is 11.8 Å². The number of carbonyl (C=O) groups excluding carboxylic acids is 2. The van der Waals surface area contributed by atoms with Crippen molar-refractivity contribution in [3.05, 3.63) is 0 Å². The topological polar surface area (TPSA) is 150 Å². The van der Waals surface area contributed by atoms with Gasteiger partial charge in [0.15, 0.2) is 0 Å². The number of rotatable bonds is 7. The van der Waals surface area contributed by atoms with E-state index >= 15 is 0 Å². The number of fused-ring (bicyclic) bond motifs is 1. The predicted molar refractivity (Wildman–Crippen MR) is 85.1 cm³/mol. The van der Waals surface area contributed by atoms with Gasteiger partial charge in [-0.1, -0.05) is 0 Å². The fraction of sp³-hybridized carbons (Fsp3) is 0.714. The zero-order valence-corrected chi connectivity index (χ0v) is 14.2. The monoisotopic (exact) mass is 359 g/mol. The number of aliphatic carboxylic acids is 2. The lowest BCUT2D eigenvalue weighted by Crippen LogP contribution is -2.70. The van der Waals surface area contributed by atoms with E-state index in [9.17, 15) is 24.3 Å². The van der Waals surface area contributed by atoms with Gasteiger partial charge in [0.05, 0.1) is 0 Å². The molecule has 9 nitrogen and oxygen atoms in total. The second-order valence-electron chi connectivity index (χ2n) is 6.48. The molecule has 5 N–H and O–H groups in total. The summed E-state index contributed by atoms with van der Waals surface area (Å²) < 4.78 is -0.639. The van der Waals surface area contributed by atoms with E-state index < -0.39 is 40.7 Å². The fourth-order valence-corrected chi connectivity index (χ4v) is 4.62. The molecule has 10 heteroatoms. The summed E-state index contributed by atoms with van der Waals surface area (Å²) in [7, 11) is 0. The van der Waals surface area contributed by atoms with Crippen molar-refractivity contribution in [3.63, 3.8) is 0 Å². The fourth-order valence-electron chi connectivity index (χ4n) is 3.00. The zero-order valence-electron chi connectivity index (χ0n) is 13.4. The molecule has 0 saturated carbocycles. The first kappa shape index (κ1) is 18.5. The molecule has 0 aromatic rings. The van der Waals surface area contributed by atoms with Gasteiger partial charge in [-0.3, -0.25) is 14.4 Å². The van der Waals surface area contributed by atoms with Gasteiger partial charge in [-0.2, -0.15) is 0 Å². The number of nitrogens with zero attached hydrogens (tertiary/aromatic N) is 1. The molecule has 2 rings (SSSR count). The average Bonchev–Trinajstić information content (AvgIpc) is 2.73. The summed E-state index contributed by atoms with van der Waals surface area (Å²) in [5.41, 5.74) is 5.36. The van der Waals surface area contributed by atoms with Gasteiger partial charge in [0.1, 0.15) is 23.5 Å². The summed E-state index contributed by atoms with van der Waals surface area (Å²) in [6.45, 7) is 3.52.